The van der Waals surface area contributed by atoms with Crippen molar-refractivity contribution in [1.29, 1.82) is 0 Å². The van der Waals surface area contributed by atoms with E-state index in [1.807, 2.05) is 19.2 Å². The van der Waals surface area contributed by atoms with Crippen LogP contribution in [0, 0.1) is 6.92 Å². The van der Waals surface area contributed by atoms with Gasteiger partial charge in [-0.25, -0.2) is 9.97 Å². The van der Waals surface area contributed by atoms with Gasteiger partial charge < -0.3 is 5.32 Å². The van der Waals surface area contributed by atoms with Crippen LogP contribution in [0.1, 0.15) is 25.1 Å². The quantitative estimate of drug-likeness (QED) is 0.935. The Labute approximate surface area is 121 Å². The number of aryl methyl sites for hydroxylation is 2. The summed E-state index contributed by atoms with van der Waals surface area (Å²) in [4.78, 5) is 13.4. The average molecular weight is 321 g/mol. The molecule has 0 amide bonds. The molecule has 0 spiro atoms. The number of halogens is 1. The lowest BCUT2D eigenvalue weighted by molar-refractivity contribution is 0.981. The second-order valence-corrected chi connectivity index (χ2v) is 5.02. The van der Waals surface area contributed by atoms with Gasteiger partial charge in [-0.15, -0.1) is 0 Å². The summed E-state index contributed by atoms with van der Waals surface area (Å²) in [5.41, 5.74) is 3.11. The number of hydrogen-bond acceptors (Lipinski definition) is 4. The molecule has 2 heterocycles. The van der Waals surface area contributed by atoms with Crippen molar-refractivity contribution in [2.75, 3.05) is 11.9 Å². The molecule has 0 aliphatic rings. The predicted octanol–water partition coefficient (Wildman–Crippen LogP) is 3.60. The number of nitrogens with zero attached hydrogens (tertiary/aromatic N) is 3. The van der Waals surface area contributed by atoms with Crippen molar-refractivity contribution in [3.8, 4) is 11.4 Å². The third-order valence-electron chi connectivity index (χ3n) is 2.88. The second-order valence-electron chi connectivity index (χ2n) is 4.23. The molecule has 100 valence electrons. The van der Waals surface area contributed by atoms with E-state index >= 15 is 0 Å². The van der Waals surface area contributed by atoms with Crippen molar-refractivity contribution in [3.63, 3.8) is 0 Å². The average Bonchev–Trinajstić information content (AvgIpc) is 2.42. The number of pyridine rings is 1. The molecule has 0 atom stereocenters. The molecule has 0 unspecified atom stereocenters. The zero-order chi connectivity index (χ0) is 13.8. The number of hydrogen-bond donors (Lipinski definition) is 1. The maximum Gasteiger partial charge on any atom is 0.163 e. The van der Waals surface area contributed by atoms with Gasteiger partial charge in [0.25, 0.3) is 0 Å². The summed E-state index contributed by atoms with van der Waals surface area (Å²) >= 11 is 3.56. The Morgan fingerprint density at radius 1 is 1.26 bits per heavy atom. The minimum absolute atomic E-state index is 0.724. The highest BCUT2D eigenvalue weighted by Gasteiger charge is 2.13. The summed E-state index contributed by atoms with van der Waals surface area (Å²) in [6, 6.07) is 1.97. The Kier molecular flexibility index (Phi) is 4.47. The molecule has 1 N–H and O–H groups in total. The Morgan fingerprint density at radius 3 is 2.68 bits per heavy atom. The van der Waals surface area contributed by atoms with E-state index < -0.39 is 0 Å². The zero-order valence-corrected chi connectivity index (χ0v) is 13.0. The molecule has 19 heavy (non-hydrogen) atoms. The predicted molar refractivity (Wildman–Crippen MR) is 81.2 cm³/mol. The standard InChI is InChI=1S/C14H17BrN4/c1-4-11-12(15)14(17-5-2)19-13(18-11)10-8-16-7-6-9(10)3/h6-8H,4-5H2,1-3H3,(H,17,18,19). The summed E-state index contributed by atoms with van der Waals surface area (Å²) in [6.45, 7) is 7.00. The fraction of sp³-hybridized carbons (Fsp3) is 0.357. The molecule has 2 rings (SSSR count). The van der Waals surface area contributed by atoms with E-state index in [-0.39, 0.29) is 0 Å². The van der Waals surface area contributed by atoms with Crippen LogP contribution < -0.4 is 5.32 Å². The van der Waals surface area contributed by atoms with Crippen LogP contribution in [0.2, 0.25) is 0 Å². The van der Waals surface area contributed by atoms with E-state index in [2.05, 4.69) is 50.0 Å². The van der Waals surface area contributed by atoms with E-state index in [0.29, 0.717) is 0 Å². The van der Waals surface area contributed by atoms with Crippen molar-refractivity contribution in [2.24, 2.45) is 0 Å². The van der Waals surface area contributed by atoms with Crippen LogP contribution >= 0.6 is 15.9 Å². The summed E-state index contributed by atoms with van der Waals surface area (Å²) in [5, 5.41) is 3.26. The van der Waals surface area contributed by atoms with Gasteiger partial charge in [-0.1, -0.05) is 6.92 Å². The molecule has 0 saturated carbocycles. The van der Waals surface area contributed by atoms with Gasteiger partial charge in [-0.05, 0) is 47.8 Å². The van der Waals surface area contributed by atoms with Gasteiger partial charge in [-0.3, -0.25) is 4.98 Å². The van der Waals surface area contributed by atoms with Crippen molar-refractivity contribution in [3.05, 3.63) is 34.2 Å². The molecule has 2 aromatic heterocycles. The first-order valence-corrected chi connectivity index (χ1v) is 7.17. The van der Waals surface area contributed by atoms with Gasteiger partial charge in [0.15, 0.2) is 5.82 Å². The molecule has 0 aliphatic carbocycles. The van der Waals surface area contributed by atoms with E-state index in [4.69, 9.17) is 0 Å². The topological polar surface area (TPSA) is 50.7 Å². The van der Waals surface area contributed by atoms with Crippen LogP contribution in [-0.2, 0) is 6.42 Å². The highest BCUT2D eigenvalue weighted by Crippen LogP contribution is 2.28. The Hall–Kier alpha value is -1.49. The number of rotatable bonds is 4. The van der Waals surface area contributed by atoms with Gasteiger partial charge >= 0.3 is 0 Å². The van der Waals surface area contributed by atoms with Gasteiger partial charge in [0.1, 0.15) is 5.82 Å². The van der Waals surface area contributed by atoms with E-state index in [0.717, 1.165) is 45.9 Å². The fourth-order valence-electron chi connectivity index (χ4n) is 1.83. The van der Waals surface area contributed by atoms with Crippen LogP contribution in [-0.4, -0.2) is 21.5 Å². The first kappa shape index (κ1) is 13.9. The second kappa shape index (κ2) is 6.10. The van der Waals surface area contributed by atoms with Gasteiger partial charge in [0, 0.05) is 24.5 Å². The largest absolute Gasteiger partial charge is 0.369 e. The fourth-order valence-corrected chi connectivity index (χ4v) is 2.43. The molecule has 0 radical (unpaired) electrons. The lowest BCUT2D eigenvalue weighted by Gasteiger charge is -2.12. The molecule has 0 saturated heterocycles. The monoisotopic (exact) mass is 320 g/mol. The highest BCUT2D eigenvalue weighted by molar-refractivity contribution is 9.10. The molecule has 4 nitrogen and oxygen atoms in total. The first-order valence-electron chi connectivity index (χ1n) is 6.38. The normalized spacial score (nSPS) is 10.5. The Morgan fingerprint density at radius 2 is 2.05 bits per heavy atom. The van der Waals surface area contributed by atoms with E-state index in [1.165, 1.54) is 0 Å². The van der Waals surface area contributed by atoms with Crippen molar-refractivity contribution < 1.29 is 0 Å². The minimum Gasteiger partial charge on any atom is -0.369 e. The van der Waals surface area contributed by atoms with E-state index in [1.54, 1.807) is 6.20 Å². The molecular formula is C14H17BrN4. The number of aromatic nitrogens is 3. The smallest absolute Gasteiger partial charge is 0.163 e. The number of anilines is 1. The lowest BCUT2D eigenvalue weighted by atomic mass is 10.1. The minimum atomic E-state index is 0.724. The first-order chi connectivity index (χ1) is 9.17. The van der Waals surface area contributed by atoms with Crippen LogP contribution in [0.3, 0.4) is 0 Å². The number of nitrogens with one attached hydrogen (secondary N) is 1. The SMILES string of the molecule is CCNc1nc(-c2cnccc2C)nc(CC)c1Br. The summed E-state index contributed by atoms with van der Waals surface area (Å²) < 4.78 is 0.946. The molecular weight excluding hydrogens is 304 g/mol. The third-order valence-corrected chi connectivity index (χ3v) is 3.71. The molecule has 2 aromatic rings. The Bertz CT molecular complexity index is 584. The van der Waals surface area contributed by atoms with Crippen LogP contribution in [0.4, 0.5) is 5.82 Å². The molecule has 0 aliphatic heterocycles. The van der Waals surface area contributed by atoms with Crippen LogP contribution in [0.15, 0.2) is 22.9 Å². The maximum atomic E-state index is 4.63. The highest BCUT2D eigenvalue weighted by atomic mass is 79.9. The molecule has 0 fully saturated rings. The summed E-state index contributed by atoms with van der Waals surface area (Å²) in [5.74, 6) is 1.56. The lowest BCUT2D eigenvalue weighted by Crippen LogP contribution is -2.06. The summed E-state index contributed by atoms with van der Waals surface area (Å²) in [6.07, 6.45) is 4.45. The third kappa shape index (κ3) is 2.92. The van der Waals surface area contributed by atoms with Gasteiger partial charge in [-0.2, -0.15) is 0 Å². The van der Waals surface area contributed by atoms with Crippen LogP contribution in [0.25, 0.3) is 11.4 Å². The zero-order valence-electron chi connectivity index (χ0n) is 11.4. The Balaban J connectivity index is 2.58. The van der Waals surface area contributed by atoms with Gasteiger partial charge in [0.05, 0.1) is 10.2 Å². The molecule has 0 bridgehead atoms. The van der Waals surface area contributed by atoms with Crippen molar-refractivity contribution in [2.45, 2.75) is 27.2 Å². The maximum absolute atomic E-state index is 4.63. The van der Waals surface area contributed by atoms with Gasteiger partial charge in [0.2, 0.25) is 0 Å². The summed E-state index contributed by atoms with van der Waals surface area (Å²) in [7, 11) is 0. The molecule has 5 heteroatoms. The molecule has 0 aromatic carbocycles. The van der Waals surface area contributed by atoms with Crippen molar-refractivity contribution in [1.82, 2.24) is 15.0 Å². The van der Waals surface area contributed by atoms with Crippen molar-refractivity contribution >= 4 is 21.7 Å². The van der Waals surface area contributed by atoms with E-state index in [9.17, 15) is 0 Å². The van der Waals surface area contributed by atoms with Crippen LogP contribution in [0.5, 0.6) is 0 Å².